The summed E-state index contributed by atoms with van der Waals surface area (Å²) in [5.74, 6) is 0.131. The van der Waals surface area contributed by atoms with E-state index in [2.05, 4.69) is 5.32 Å². The molecule has 0 radical (unpaired) electrons. The molecule has 0 saturated carbocycles. The zero-order chi connectivity index (χ0) is 12.7. The fourth-order valence-electron chi connectivity index (χ4n) is 1.33. The molecule has 0 aliphatic heterocycles. The average Bonchev–Trinajstić information content (AvgIpc) is 2.33. The van der Waals surface area contributed by atoms with Gasteiger partial charge in [0.1, 0.15) is 18.2 Å². The van der Waals surface area contributed by atoms with Gasteiger partial charge in [-0.05, 0) is 18.7 Å². The number of hydrogen-bond donors (Lipinski definition) is 1. The third-order valence-electron chi connectivity index (χ3n) is 2.09. The zero-order valence-corrected chi connectivity index (χ0v) is 9.47. The predicted octanol–water partition coefficient (Wildman–Crippen LogP) is 1.45. The van der Waals surface area contributed by atoms with Gasteiger partial charge >= 0.3 is 5.69 Å². The summed E-state index contributed by atoms with van der Waals surface area (Å²) >= 11 is 0. The van der Waals surface area contributed by atoms with Crippen LogP contribution in [0.2, 0.25) is 0 Å². The maximum Gasteiger partial charge on any atom is 0.328 e. The lowest BCUT2D eigenvalue weighted by Crippen LogP contribution is -2.20. The van der Waals surface area contributed by atoms with Crippen LogP contribution in [0.15, 0.2) is 18.2 Å². The van der Waals surface area contributed by atoms with Gasteiger partial charge in [-0.3, -0.25) is 10.1 Å². The Kier molecular flexibility index (Phi) is 4.91. The van der Waals surface area contributed by atoms with Crippen LogP contribution in [0.5, 0.6) is 5.75 Å². The van der Waals surface area contributed by atoms with E-state index in [1.54, 1.807) is 12.1 Å². The fourth-order valence-corrected chi connectivity index (χ4v) is 1.33. The molecule has 0 fully saturated rings. The van der Waals surface area contributed by atoms with Crippen LogP contribution in [0.25, 0.3) is 0 Å². The smallest absolute Gasteiger partial charge is 0.328 e. The minimum atomic E-state index is -0.596. The molecule has 0 unspecified atom stereocenters. The Labute approximate surface area is 99.0 Å². The van der Waals surface area contributed by atoms with E-state index in [1.165, 1.54) is 12.1 Å². The van der Waals surface area contributed by atoms with Crippen LogP contribution in [-0.2, 0) is 0 Å². The topological polar surface area (TPSA) is 88.2 Å². The Balaban J connectivity index is 2.84. The average molecular weight is 235 g/mol. The minimum Gasteiger partial charge on any atom is -0.485 e. The molecular formula is C11H13N3O3. The summed E-state index contributed by atoms with van der Waals surface area (Å²) in [4.78, 5) is 10.3. The monoisotopic (exact) mass is 235 g/mol. The number of likely N-dealkylation sites (N-methyl/N-ethyl adjacent to an activating group) is 1. The number of nitro benzene ring substituents is 1. The maximum absolute atomic E-state index is 10.8. The first-order valence-corrected chi connectivity index (χ1v) is 5.21. The first kappa shape index (κ1) is 12.9. The van der Waals surface area contributed by atoms with Crippen molar-refractivity contribution in [3.63, 3.8) is 0 Å². The van der Waals surface area contributed by atoms with Crippen molar-refractivity contribution in [1.29, 1.82) is 5.26 Å². The number of nitriles is 1. The van der Waals surface area contributed by atoms with Crippen LogP contribution in [0, 0.1) is 21.4 Å². The highest BCUT2D eigenvalue weighted by molar-refractivity contribution is 5.57. The SMILES string of the molecule is CCNCCOc1cccc(C#N)c1[N+](=O)[O-]. The number of rotatable bonds is 6. The van der Waals surface area contributed by atoms with Gasteiger partial charge in [0.05, 0.1) is 4.92 Å². The summed E-state index contributed by atoms with van der Waals surface area (Å²) in [7, 11) is 0. The second-order valence-electron chi connectivity index (χ2n) is 3.22. The van der Waals surface area contributed by atoms with Crippen LogP contribution in [0.3, 0.4) is 0 Å². The van der Waals surface area contributed by atoms with Gasteiger partial charge in [0.25, 0.3) is 0 Å². The summed E-state index contributed by atoms with van der Waals surface area (Å²) in [6.45, 7) is 3.69. The number of para-hydroxylation sites is 1. The largest absolute Gasteiger partial charge is 0.485 e. The van der Waals surface area contributed by atoms with E-state index in [1.807, 2.05) is 6.92 Å². The first-order chi connectivity index (χ1) is 8.20. The molecule has 1 aromatic carbocycles. The number of ether oxygens (including phenoxy) is 1. The Morgan fingerprint density at radius 1 is 1.59 bits per heavy atom. The Morgan fingerprint density at radius 2 is 2.35 bits per heavy atom. The Hall–Kier alpha value is -2.13. The molecule has 1 rings (SSSR count). The van der Waals surface area contributed by atoms with E-state index < -0.39 is 4.92 Å². The number of nitrogens with one attached hydrogen (secondary N) is 1. The molecule has 0 atom stereocenters. The number of nitrogens with zero attached hydrogens (tertiary/aromatic N) is 2. The second-order valence-corrected chi connectivity index (χ2v) is 3.22. The molecule has 0 aromatic heterocycles. The highest BCUT2D eigenvalue weighted by Crippen LogP contribution is 2.29. The Bertz CT molecular complexity index is 440. The zero-order valence-electron chi connectivity index (χ0n) is 9.47. The van der Waals surface area contributed by atoms with Crippen molar-refractivity contribution in [1.82, 2.24) is 5.32 Å². The van der Waals surface area contributed by atoms with Crippen molar-refractivity contribution in [2.24, 2.45) is 0 Å². The quantitative estimate of drug-likeness (QED) is 0.458. The van der Waals surface area contributed by atoms with Gasteiger partial charge in [0.2, 0.25) is 0 Å². The summed E-state index contributed by atoms with van der Waals surface area (Å²) in [5.41, 5.74) is -0.262. The summed E-state index contributed by atoms with van der Waals surface area (Å²) in [6, 6.07) is 6.23. The lowest BCUT2D eigenvalue weighted by Gasteiger charge is -2.07. The van der Waals surface area contributed by atoms with Crippen LogP contribution in [-0.4, -0.2) is 24.6 Å². The lowest BCUT2D eigenvalue weighted by molar-refractivity contribution is -0.386. The summed E-state index contributed by atoms with van der Waals surface area (Å²) in [6.07, 6.45) is 0. The minimum absolute atomic E-state index is 0.0101. The van der Waals surface area contributed by atoms with Gasteiger partial charge in [-0.1, -0.05) is 13.0 Å². The fraction of sp³-hybridized carbons (Fsp3) is 0.364. The molecule has 6 heteroatoms. The Morgan fingerprint density at radius 3 is 2.94 bits per heavy atom. The molecule has 0 aliphatic carbocycles. The number of nitro groups is 1. The van der Waals surface area contributed by atoms with Crippen LogP contribution < -0.4 is 10.1 Å². The number of benzene rings is 1. The first-order valence-electron chi connectivity index (χ1n) is 5.21. The molecule has 0 heterocycles. The molecule has 6 nitrogen and oxygen atoms in total. The third kappa shape index (κ3) is 3.43. The molecule has 1 aromatic rings. The van der Waals surface area contributed by atoms with Crippen LogP contribution >= 0.6 is 0 Å². The van der Waals surface area contributed by atoms with Crippen molar-refractivity contribution in [3.8, 4) is 11.8 Å². The molecule has 0 saturated heterocycles. The van der Waals surface area contributed by atoms with Gasteiger partial charge in [0.15, 0.2) is 5.75 Å². The highest BCUT2D eigenvalue weighted by atomic mass is 16.6. The molecule has 17 heavy (non-hydrogen) atoms. The predicted molar refractivity (Wildman–Crippen MR) is 61.9 cm³/mol. The standard InChI is InChI=1S/C11H13N3O3/c1-2-13-6-7-17-10-5-3-4-9(8-12)11(10)14(15)16/h3-5,13H,2,6-7H2,1H3. The number of hydrogen-bond acceptors (Lipinski definition) is 5. The van der Waals surface area contributed by atoms with Crippen LogP contribution in [0.1, 0.15) is 12.5 Å². The van der Waals surface area contributed by atoms with E-state index in [9.17, 15) is 10.1 Å². The van der Waals surface area contributed by atoms with Crippen molar-refractivity contribution in [2.75, 3.05) is 19.7 Å². The molecule has 0 spiro atoms. The molecular weight excluding hydrogens is 222 g/mol. The second kappa shape index (κ2) is 6.45. The van der Waals surface area contributed by atoms with E-state index in [-0.39, 0.29) is 17.0 Å². The van der Waals surface area contributed by atoms with Gasteiger partial charge in [-0.15, -0.1) is 0 Å². The summed E-state index contributed by atoms with van der Waals surface area (Å²) in [5, 5.41) is 22.7. The molecule has 0 bridgehead atoms. The van der Waals surface area contributed by atoms with Gasteiger partial charge in [0, 0.05) is 6.54 Å². The third-order valence-corrected chi connectivity index (χ3v) is 2.09. The van der Waals surface area contributed by atoms with Crippen molar-refractivity contribution >= 4 is 5.69 Å². The maximum atomic E-state index is 10.8. The lowest BCUT2D eigenvalue weighted by atomic mass is 10.2. The normalized spacial score (nSPS) is 9.65. The van der Waals surface area contributed by atoms with Crippen molar-refractivity contribution < 1.29 is 9.66 Å². The van der Waals surface area contributed by atoms with Gasteiger partial charge < -0.3 is 10.1 Å². The van der Waals surface area contributed by atoms with Gasteiger partial charge in [-0.2, -0.15) is 5.26 Å². The van der Waals surface area contributed by atoms with Crippen LogP contribution in [0.4, 0.5) is 5.69 Å². The molecule has 0 aliphatic rings. The molecule has 90 valence electrons. The van der Waals surface area contributed by atoms with E-state index in [4.69, 9.17) is 10.00 Å². The molecule has 0 amide bonds. The molecule has 1 N–H and O–H groups in total. The van der Waals surface area contributed by atoms with E-state index in [0.717, 1.165) is 6.54 Å². The summed E-state index contributed by atoms with van der Waals surface area (Å²) < 4.78 is 5.29. The van der Waals surface area contributed by atoms with E-state index >= 15 is 0 Å². The van der Waals surface area contributed by atoms with Crippen molar-refractivity contribution in [3.05, 3.63) is 33.9 Å². The van der Waals surface area contributed by atoms with Gasteiger partial charge in [-0.25, -0.2) is 0 Å². The van der Waals surface area contributed by atoms with E-state index in [0.29, 0.717) is 13.2 Å². The van der Waals surface area contributed by atoms with Crippen molar-refractivity contribution in [2.45, 2.75) is 6.92 Å². The highest BCUT2D eigenvalue weighted by Gasteiger charge is 2.20.